The van der Waals surface area contributed by atoms with E-state index in [-0.39, 0.29) is 0 Å². The van der Waals surface area contributed by atoms with Gasteiger partial charge in [-0.3, -0.25) is 0 Å². The molecule has 0 fully saturated rings. The second-order valence-electron chi connectivity index (χ2n) is 6.17. The van der Waals surface area contributed by atoms with Crippen molar-refractivity contribution >= 4 is 33.1 Å². The Morgan fingerprint density at radius 1 is 1.12 bits per heavy atom. The average Bonchev–Trinajstić information content (AvgIpc) is 3.09. The van der Waals surface area contributed by atoms with Crippen LogP contribution < -0.4 is 4.72 Å². The molecule has 2 aromatic rings. The standard InChI is InChI=1S/C19H27NO2S3/c1-3-4-7-17(24-19-9-6-15-23-19)8-5-14-20-25(21,22)18-12-10-16(2)11-13-18/h6,9-13,15,17,20H,3-5,7-8,14H2,1-2H3. The van der Waals surface area contributed by atoms with Gasteiger partial charge in [-0.1, -0.05) is 43.5 Å². The minimum absolute atomic E-state index is 0.341. The molecule has 6 heteroatoms. The van der Waals surface area contributed by atoms with Crippen LogP contribution in [0.25, 0.3) is 0 Å². The van der Waals surface area contributed by atoms with Gasteiger partial charge in [0.2, 0.25) is 10.0 Å². The van der Waals surface area contributed by atoms with Gasteiger partial charge in [0.1, 0.15) is 0 Å². The first kappa shape index (κ1) is 20.5. The number of sulfonamides is 1. The van der Waals surface area contributed by atoms with Crippen molar-refractivity contribution in [3.8, 4) is 0 Å². The summed E-state index contributed by atoms with van der Waals surface area (Å²) in [5.74, 6) is 0. The van der Waals surface area contributed by atoms with Gasteiger partial charge in [0.25, 0.3) is 0 Å². The summed E-state index contributed by atoms with van der Waals surface area (Å²) >= 11 is 3.71. The van der Waals surface area contributed by atoms with Crippen molar-refractivity contribution in [2.75, 3.05) is 6.54 Å². The number of hydrogen-bond donors (Lipinski definition) is 1. The molecule has 0 aliphatic heterocycles. The normalized spacial score (nSPS) is 13.0. The lowest BCUT2D eigenvalue weighted by Gasteiger charge is -2.15. The van der Waals surface area contributed by atoms with E-state index in [1.54, 1.807) is 23.5 Å². The molecular weight excluding hydrogens is 370 g/mol. The van der Waals surface area contributed by atoms with Crippen molar-refractivity contribution in [3.63, 3.8) is 0 Å². The van der Waals surface area contributed by atoms with Crippen LogP contribution in [0.5, 0.6) is 0 Å². The first-order valence-corrected chi connectivity index (χ1v) is 12.0. The number of thioether (sulfide) groups is 1. The minimum Gasteiger partial charge on any atom is -0.211 e. The average molecular weight is 398 g/mol. The fourth-order valence-corrected chi connectivity index (χ4v) is 5.90. The number of benzene rings is 1. The molecule has 1 unspecified atom stereocenters. The Labute approximate surface area is 160 Å². The van der Waals surface area contributed by atoms with Crippen molar-refractivity contribution in [2.24, 2.45) is 0 Å². The van der Waals surface area contributed by atoms with E-state index < -0.39 is 10.0 Å². The van der Waals surface area contributed by atoms with Crippen molar-refractivity contribution in [2.45, 2.75) is 60.3 Å². The molecule has 1 atom stereocenters. The summed E-state index contributed by atoms with van der Waals surface area (Å²) in [7, 11) is -3.40. The molecular formula is C19H27NO2S3. The fourth-order valence-electron chi connectivity index (χ4n) is 2.53. The van der Waals surface area contributed by atoms with Crippen molar-refractivity contribution in [3.05, 3.63) is 47.3 Å². The zero-order chi connectivity index (χ0) is 18.1. The van der Waals surface area contributed by atoms with Gasteiger partial charge < -0.3 is 0 Å². The van der Waals surface area contributed by atoms with Gasteiger partial charge in [0.15, 0.2) is 0 Å². The number of rotatable bonds is 11. The van der Waals surface area contributed by atoms with Crippen LogP contribution >= 0.6 is 23.1 Å². The Hall–Kier alpha value is -0.820. The summed E-state index contributed by atoms with van der Waals surface area (Å²) in [6.07, 6.45) is 5.49. The summed E-state index contributed by atoms with van der Waals surface area (Å²) in [5.41, 5.74) is 1.06. The molecule has 1 N–H and O–H groups in total. The molecule has 0 bridgehead atoms. The van der Waals surface area contributed by atoms with Crippen LogP contribution in [0.2, 0.25) is 0 Å². The molecule has 1 heterocycles. The molecule has 0 aliphatic rings. The van der Waals surface area contributed by atoms with E-state index in [9.17, 15) is 8.42 Å². The van der Waals surface area contributed by atoms with E-state index in [2.05, 4.69) is 29.2 Å². The van der Waals surface area contributed by atoms with Crippen LogP contribution in [0.15, 0.2) is 50.9 Å². The predicted octanol–water partition coefficient (Wildman–Crippen LogP) is 5.47. The molecule has 0 aliphatic carbocycles. The largest absolute Gasteiger partial charge is 0.240 e. The monoisotopic (exact) mass is 397 g/mol. The molecule has 0 spiro atoms. The van der Waals surface area contributed by atoms with Gasteiger partial charge >= 0.3 is 0 Å². The molecule has 0 saturated heterocycles. The van der Waals surface area contributed by atoms with Crippen molar-refractivity contribution < 1.29 is 8.42 Å². The van der Waals surface area contributed by atoms with Gasteiger partial charge in [-0.2, -0.15) is 0 Å². The molecule has 0 saturated carbocycles. The second-order valence-corrected chi connectivity index (χ2v) is 10.5. The Balaban J connectivity index is 1.81. The lowest BCUT2D eigenvalue weighted by atomic mass is 10.1. The maximum atomic E-state index is 12.3. The highest BCUT2D eigenvalue weighted by molar-refractivity contribution is 8.01. The molecule has 1 aromatic carbocycles. The number of aryl methyl sites for hydroxylation is 1. The molecule has 0 amide bonds. The second kappa shape index (κ2) is 10.4. The fraction of sp³-hybridized carbons (Fsp3) is 0.474. The Bertz CT molecular complexity index is 710. The van der Waals surface area contributed by atoms with Gasteiger partial charge in [-0.05, 0) is 49.8 Å². The summed E-state index contributed by atoms with van der Waals surface area (Å²) in [6.45, 7) is 4.65. The van der Waals surface area contributed by atoms with E-state index in [4.69, 9.17) is 0 Å². The third-order valence-electron chi connectivity index (χ3n) is 3.98. The van der Waals surface area contributed by atoms with Crippen LogP contribution in [-0.4, -0.2) is 20.2 Å². The van der Waals surface area contributed by atoms with E-state index >= 15 is 0 Å². The van der Waals surface area contributed by atoms with Crippen LogP contribution in [0.4, 0.5) is 0 Å². The highest BCUT2D eigenvalue weighted by Crippen LogP contribution is 2.32. The third-order valence-corrected chi connectivity index (χ3v) is 7.87. The Morgan fingerprint density at radius 3 is 2.48 bits per heavy atom. The summed E-state index contributed by atoms with van der Waals surface area (Å²) < 4.78 is 28.7. The van der Waals surface area contributed by atoms with Crippen molar-refractivity contribution in [1.29, 1.82) is 0 Å². The molecule has 0 radical (unpaired) electrons. The van der Waals surface area contributed by atoms with Gasteiger partial charge in [0.05, 0.1) is 9.10 Å². The topological polar surface area (TPSA) is 46.2 Å². The summed E-state index contributed by atoms with van der Waals surface area (Å²) in [4.78, 5) is 0.341. The molecule has 2 rings (SSSR count). The van der Waals surface area contributed by atoms with E-state index in [1.165, 1.54) is 23.5 Å². The maximum absolute atomic E-state index is 12.3. The highest BCUT2D eigenvalue weighted by Gasteiger charge is 2.14. The first-order chi connectivity index (χ1) is 12.0. The quantitative estimate of drug-likeness (QED) is 0.404. The highest BCUT2D eigenvalue weighted by atomic mass is 32.2. The zero-order valence-corrected chi connectivity index (χ0v) is 17.4. The third kappa shape index (κ3) is 7.13. The van der Waals surface area contributed by atoms with Gasteiger partial charge in [-0.15, -0.1) is 23.1 Å². The van der Waals surface area contributed by atoms with E-state index in [1.807, 2.05) is 30.8 Å². The van der Waals surface area contributed by atoms with Crippen LogP contribution in [0.3, 0.4) is 0 Å². The molecule has 25 heavy (non-hydrogen) atoms. The summed E-state index contributed by atoms with van der Waals surface area (Å²) in [5, 5.41) is 2.66. The van der Waals surface area contributed by atoms with Gasteiger partial charge in [0, 0.05) is 11.8 Å². The molecule has 1 aromatic heterocycles. The lowest BCUT2D eigenvalue weighted by molar-refractivity contribution is 0.570. The Morgan fingerprint density at radius 2 is 1.84 bits per heavy atom. The summed E-state index contributed by atoms with van der Waals surface area (Å²) in [6, 6.07) is 11.2. The zero-order valence-electron chi connectivity index (χ0n) is 14.9. The SMILES string of the molecule is CCCCC(CCCNS(=O)(=O)c1ccc(C)cc1)Sc1cccs1. The van der Waals surface area contributed by atoms with E-state index in [0.29, 0.717) is 16.7 Å². The van der Waals surface area contributed by atoms with Crippen LogP contribution in [0.1, 0.15) is 44.6 Å². The molecule has 138 valence electrons. The Kier molecular flexibility index (Phi) is 8.49. The first-order valence-electron chi connectivity index (χ1n) is 8.78. The molecule has 3 nitrogen and oxygen atoms in total. The lowest BCUT2D eigenvalue weighted by Crippen LogP contribution is -2.25. The van der Waals surface area contributed by atoms with Crippen LogP contribution in [0, 0.1) is 6.92 Å². The smallest absolute Gasteiger partial charge is 0.211 e. The van der Waals surface area contributed by atoms with Crippen LogP contribution in [-0.2, 0) is 10.0 Å². The number of unbranched alkanes of at least 4 members (excludes halogenated alkanes) is 1. The van der Waals surface area contributed by atoms with Crippen molar-refractivity contribution in [1.82, 2.24) is 4.72 Å². The number of thiophene rings is 1. The van der Waals surface area contributed by atoms with E-state index in [0.717, 1.165) is 18.4 Å². The maximum Gasteiger partial charge on any atom is 0.240 e. The number of nitrogens with one attached hydrogen (secondary N) is 1. The minimum atomic E-state index is -3.40. The van der Waals surface area contributed by atoms with Gasteiger partial charge in [-0.25, -0.2) is 13.1 Å². The predicted molar refractivity (Wildman–Crippen MR) is 109 cm³/mol. The number of hydrogen-bond acceptors (Lipinski definition) is 4.